The second-order valence-electron chi connectivity index (χ2n) is 3.87. The highest BCUT2D eigenvalue weighted by Gasteiger charge is 2.22. The van der Waals surface area contributed by atoms with Crippen LogP contribution in [0.2, 0.25) is 0 Å². The number of benzene rings is 1. The first-order chi connectivity index (χ1) is 7.73. The van der Waals surface area contributed by atoms with Crippen molar-refractivity contribution in [2.24, 2.45) is 0 Å². The molecule has 0 saturated carbocycles. The van der Waals surface area contributed by atoms with Crippen molar-refractivity contribution in [3.63, 3.8) is 0 Å². The molecule has 17 heavy (non-hydrogen) atoms. The summed E-state index contributed by atoms with van der Waals surface area (Å²) in [6, 6.07) is 5.41. The Morgan fingerprint density at radius 1 is 1.29 bits per heavy atom. The maximum absolute atomic E-state index is 11.7. The van der Waals surface area contributed by atoms with E-state index in [2.05, 4.69) is 0 Å². The standard InChI is InChI=1S/C11H14ClNO3S/c1-8-5-4-6-9(2)11(8)13(7-10(12)14)17(3,15)16/h4-6H,7H2,1-3H3. The van der Waals surface area contributed by atoms with Gasteiger partial charge >= 0.3 is 0 Å². The van der Waals surface area contributed by atoms with Crippen molar-refractivity contribution in [3.05, 3.63) is 29.3 Å². The zero-order chi connectivity index (χ0) is 13.2. The van der Waals surface area contributed by atoms with Crippen LogP contribution in [0.25, 0.3) is 0 Å². The second kappa shape index (κ2) is 5.06. The van der Waals surface area contributed by atoms with Crippen molar-refractivity contribution in [1.82, 2.24) is 0 Å². The van der Waals surface area contributed by atoms with E-state index >= 15 is 0 Å². The number of rotatable bonds is 4. The van der Waals surface area contributed by atoms with Gasteiger partial charge < -0.3 is 0 Å². The molecule has 0 heterocycles. The van der Waals surface area contributed by atoms with Crippen LogP contribution in [0.1, 0.15) is 11.1 Å². The molecule has 0 atom stereocenters. The Bertz CT molecular complexity index is 519. The fourth-order valence-corrected chi connectivity index (χ4v) is 2.84. The normalized spacial score (nSPS) is 11.3. The van der Waals surface area contributed by atoms with Crippen LogP contribution in [0.15, 0.2) is 18.2 Å². The molecule has 0 radical (unpaired) electrons. The molecule has 0 amide bonds. The van der Waals surface area contributed by atoms with Crippen LogP contribution in [-0.4, -0.2) is 26.5 Å². The molecule has 0 aliphatic heterocycles. The van der Waals surface area contributed by atoms with Gasteiger partial charge in [0.25, 0.3) is 0 Å². The number of hydrogen-bond donors (Lipinski definition) is 0. The van der Waals surface area contributed by atoms with Gasteiger partial charge in [0.1, 0.15) is 6.54 Å². The maximum atomic E-state index is 11.7. The van der Waals surface area contributed by atoms with Gasteiger partial charge in [0.15, 0.2) is 0 Å². The molecule has 0 fully saturated rings. The van der Waals surface area contributed by atoms with E-state index in [0.717, 1.165) is 21.7 Å². The van der Waals surface area contributed by atoms with Crippen molar-refractivity contribution >= 4 is 32.6 Å². The van der Waals surface area contributed by atoms with Crippen molar-refractivity contribution < 1.29 is 13.2 Å². The van der Waals surface area contributed by atoms with Crippen molar-refractivity contribution in [1.29, 1.82) is 0 Å². The van der Waals surface area contributed by atoms with E-state index in [1.165, 1.54) is 0 Å². The lowest BCUT2D eigenvalue weighted by molar-refractivity contribution is -0.110. The minimum absolute atomic E-state index is 0.355. The lowest BCUT2D eigenvalue weighted by Crippen LogP contribution is -2.34. The molecule has 0 aliphatic rings. The minimum Gasteiger partial charge on any atom is -0.279 e. The molecule has 1 rings (SSSR count). The maximum Gasteiger partial charge on any atom is 0.242 e. The summed E-state index contributed by atoms with van der Waals surface area (Å²) in [5.74, 6) is 0. The Morgan fingerprint density at radius 2 is 1.76 bits per heavy atom. The Kier molecular flexibility index (Phi) is 4.16. The Labute approximate surface area is 106 Å². The molecule has 0 N–H and O–H groups in total. The molecule has 6 heteroatoms. The summed E-state index contributed by atoms with van der Waals surface area (Å²) in [4.78, 5) is 11.0. The number of anilines is 1. The monoisotopic (exact) mass is 275 g/mol. The molecule has 0 bridgehead atoms. The molecule has 0 aromatic heterocycles. The summed E-state index contributed by atoms with van der Waals surface area (Å²) in [6.07, 6.45) is 1.05. The van der Waals surface area contributed by atoms with E-state index in [9.17, 15) is 13.2 Å². The second-order valence-corrected chi connectivity index (χ2v) is 6.19. The van der Waals surface area contributed by atoms with Crippen molar-refractivity contribution in [2.75, 3.05) is 17.1 Å². The third kappa shape index (κ3) is 3.44. The van der Waals surface area contributed by atoms with Gasteiger partial charge in [0, 0.05) is 0 Å². The zero-order valence-corrected chi connectivity index (χ0v) is 11.5. The summed E-state index contributed by atoms with van der Waals surface area (Å²) < 4.78 is 24.4. The summed E-state index contributed by atoms with van der Waals surface area (Å²) in [5.41, 5.74) is 2.09. The van der Waals surface area contributed by atoms with E-state index in [4.69, 9.17) is 11.6 Å². The van der Waals surface area contributed by atoms with Crippen LogP contribution in [0, 0.1) is 13.8 Å². The molecule has 4 nitrogen and oxygen atoms in total. The molecular weight excluding hydrogens is 262 g/mol. The largest absolute Gasteiger partial charge is 0.279 e. The van der Waals surface area contributed by atoms with E-state index in [0.29, 0.717) is 5.69 Å². The molecule has 94 valence electrons. The number of sulfonamides is 1. The lowest BCUT2D eigenvalue weighted by Gasteiger charge is -2.24. The Balaban J connectivity index is 3.37. The van der Waals surface area contributed by atoms with Gasteiger partial charge in [-0.3, -0.25) is 9.10 Å². The van der Waals surface area contributed by atoms with Crippen LogP contribution < -0.4 is 4.31 Å². The highest BCUT2D eigenvalue weighted by atomic mass is 35.5. The number of aryl methyl sites for hydroxylation is 2. The predicted molar refractivity (Wildman–Crippen MR) is 69.0 cm³/mol. The SMILES string of the molecule is Cc1cccc(C)c1N(CC(=O)Cl)S(C)(=O)=O. The van der Waals surface area contributed by atoms with Gasteiger partial charge in [0.05, 0.1) is 11.9 Å². The number of halogens is 1. The van der Waals surface area contributed by atoms with E-state index in [1.54, 1.807) is 26.0 Å². The van der Waals surface area contributed by atoms with Crippen LogP contribution in [0.5, 0.6) is 0 Å². The van der Waals surface area contributed by atoms with E-state index in [-0.39, 0.29) is 6.54 Å². The van der Waals surface area contributed by atoms with Crippen LogP contribution in [0.4, 0.5) is 5.69 Å². The van der Waals surface area contributed by atoms with Crippen LogP contribution in [-0.2, 0) is 14.8 Å². The predicted octanol–water partition coefficient (Wildman–Crippen LogP) is 1.83. The highest BCUT2D eigenvalue weighted by Crippen LogP contribution is 2.26. The van der Waals surface area contributed by atoms with Gasteiger partial charge in [-0.25, -0.2) is 8.42 Å². The summed E-state index contributed by atoms with van der Waals surface area (Å²) in [5, 5.41) is -0.710. The van der Waals surface area contributed by atoms with Crippen molar-refractivity contribution in [2.45, 2.75) is 13.8 Å². The first-order valence-electron chi connectivity index (χ1n) is 4.95. The topological polar surface area (TPSA) is 54.5 Å². The van der Waals surface area contributed by atoms with Crippen LogP contribution >= 0.6 is 11.6 Å². The first-order valence-corrected chi connectivity index (χ1v) is 7.18. The summed E-state index contributed by atoms with van der Waals surface area (Å²) in [6.45, 7) is 3.23. The average Bonchev–Trinajstić information content (AvgIpc) is 2.13. The molecule has 0 saturated heterocycles. The first kappa shape index (κ1) is 14.0. The number of nitrogens with zero attached hydrogens (tertiary/aromatic N) is 1. The number of para-hydroxylation sites is 1. The van der Waals surface area contributed by atoms with Gasteiger partial charge in [-0.05, 0) is 36.6 Å². The van der Waals surface area contributed by atoms with Gasteiger partial charge in [-0.15, -0.1) is 0 Å². The smallest absolute Gasteiger partial charge is 0.242 e. The van der Waals surface area contributed by atoms with E-state index < -0.39 is 15.3 Å². The Hall–Kier alpha value is -1.07. The fraction of sp³-hybridized carbons (Fsp3) is 0.364. The van der Waals surface area contributed by atoms with E-state index in [1.807, 2.05) is 6.07 Å². The number of carbonyl (C=O) groups is 1. The number of hydrogen-bond acceptors (Lipinski definition) is 3. The summed E-state index contributed by atoms with van der Waals surface area (Å²) in [7, 11) is -3.53. The average molecular weight is 276 g/mol. The lowest BCUT2D eigenvalue weighted by atomic mass is 10.1. The summed E-state index contributed by atoms with van der Waals surface area (Å²) >= 11 is 5.29. The molecule has 0 spiro atoms. The molecule has 1 aromatic rings. The fourth-order valence-electron chi connectivity index (χ4n) is 1.67. The molecule has 0 aliphatic carbocycles. The van der Waals surface area contributed by atoms with Gasteiger partial charge in [-0.2, -0.15) is 0 Å². The molecule has 1 aromatic carbocycles. The zero-order valence-electron chi connectivity index (χ0n) is 9.90. The Morgan fingerprint density at radius 3 is 2.12 bits per heavy atom. The molecule has 0 unspecified atom stereocenters. The van der Waals surface area contributed by atoms with Gasteiger partial charge in [0.2, 0.25) is 15.3 Å². The highest BCUT2D eigenvalue weighted by molar-refractivity contribution is 7.92. The van der Waals surface area contributed by atoms with Gasteiger partial charge in [-0.1, -0.05) is 18.2 Å². The number of carbonyl (C=O) groups excluding carboxylic acids is 1. The molecular formula is C11H14ClNO3S. The van der Waals surface area contributed by atoms with Crippen molar-refractivity contribution in [3.8, 4) is 0 Å². The quantitative estimate of drug-likeness (QED) is 0.788. The minimum atomic E-state index is -3.53. The third-order valence-corrected chi connectivity index (χ3v) is 3.59. The third-order valence-electron chi connectivity index (χ3n) is 2.36. The van der Waals surface area contributed by atoms with Crippen LogP contribution in [0.3, 0.4) is 0 Å².